The third-order valence-electron chi connectivity index (χ3n) is 4.13. The quantitative estimate of drug-likeness (QED) is 0.804. The van der Waals surface area contributed by atoms with E-state index in [0.717, 1.165) is 39.0 Å². The van der Waals surface area contributed by atoms with Crippen LogP contribution in [0.5, 0.6) is 5.75 Å². The molecule has 0 bridgehead atoms. The summed E-state index contributed by atoms with van der Waals surface area (Å²) in [7, 11) is 1.73. The summed E-state index contributed by atoms with van der Waals surface area (Å²) in [5.74, 6) is 1.39. The maximum atomic E-state index is 12.4. The van der Waals surface area contributed by atoms with Gasteiger partial charge in [0.05, 0.1) is 0 Å². The summed E-state index contributed by atoms with van der Waals surface area (Å²) in [5.41, 5.74) is 0. The van der Waals surface area contributed by atoms with E-state index in [-0.39, 0.29) is 5.91 Å². The second-order valence-electron chi connectivity index (χ2n) is 5.76. The van der Waals surface area contributed by atoms with Crippen LogP contribution in [0.15, 0.2) is 24.3 Å². The minimum atomic E-state index is -0.475. The Morgan fingerprint density at radius 1 is 1.32 bits per heavy atom. The van der Waals surface area contributed by atoms with Gasteiger partial charge in [0.1, 0.15) is 5.75 Å². The van der Waals surface area contributed by atoms with E-state index in [0.29, 0.717) is 16.7 Å². The fraction of sp³-hybridized carbons (Fsp3) is 0.588. The number of halogens is 1. The molecule has 5 heteroatoms. The van der Waals surface area contributed by atoms with Crippen LogP contribution < -0.4 is 4.74 Å². The molecular formula is C17H24ClNO3. The molecule has 4 nitrogen and oxygen atoms in total. The SMILES string of the molecule is COCCC1CCN(C(=O)C(C)Oc2ccc(Cl)cc2)CC1. The second-order valence-corrected chi connectivity index (χ2v) is 6.20. The van der Waals surface area contributed by atoms with Crippen LogP contribution in [0.25, 0.3) is 0 Å². The molecule has 1 aliphatic heterocycles. The largest absolute Gasteiger partial charge is 0.481 e. The molecule has 1 aromatic carbocycles. The topological polar surface area (TPSA) is 38.8 Å². The van der Waals surface area contributed by atoms with Crippen LogP contribution in [0.2, 0.25) is 5.02 Å². The highest BCUT2D eigenvalue weighted by Crippen LogP contribution is 2.22. The number of methoxy groups -OCH3 is 1. The van der Waals surface area contributed by atoms with Gasteiger partial charge in [-0.2, -0.15) is 0 Å². The van der Waals surface area contributed by atoms with Gasteiger partial charge in [0, 0.05) is 31.8 Å². The molecule has 22 heavy (non-hydrogen) atoms. The number of amides is 1. The number of hydrogen-bond acceptors (Lipinski definition) is 3. The number of carbonyl (C=O) groups is 1. The zero-order chi connectivity index (χ0) is 15.9. The first kappa shape index (κ1) is 17.1. The van der Waals surface area contributed by atoms with Gasteiger partial charge in [-0.25, -0.2) is 0 Å². The second kappa shape index (κ2) is 8.39. The normalized spacial score (nSPS) is 17.3. The minimum absolute atomic E-state index is 0.0557. The molecule has 122 valence electrons. The highest BCUT2D eigenvalue weighted by molar-refractivity contribution is 6.30. The number of ether oxygens (including phenoxy) is 2. The third kappa shape index (κ3) is 4.89. The number of benzene rings is 1. The van der Waals surface area contributed by atoms with Crippen molar-refractivity contribution in [3.05, 3.63) is 29.3 Å². The van der Waals surface area contributed by atoms with Gasteiger partial charge in [0.2, 0.25) is 0 Å². The number of likely N-dealkylation sites (tertiary alicyclic amines) is 1. The molecular weight excluding hydrogens is 302 g/mol. The van der Waals surface area contributed by atoms with Crippen molar-refractivity contribution in [1.29, 1.82) is 0 Å². The first-order valence-corrected chi connectivity index (χ1v) is 8.18. The monoisotopic (exact) mass is 325 g/mol. The zero-order valence-electron chi connectivity index (χ0n) is 13.3. The molecule has 0 aliphatic carbocycles. The lowest BCUT2D eigenvalue weighted by molar-refractivity contribution is -0.139. The predicted octanol–water partition coefficient (Wildman–Crippen LogP) is 3.38. The molecule has 1 heterocycles. The maximum absolute atomic E-state index is 12.4. The Kier molecular flexibility index (Phi) is 6.52. The molecule has 0 radical (unpaired) electrons. The van der Waals surface area contributed by atoms with Crippen molar-refractivity contribution in [3.8, 4) is 5.75 Å². The lowest BCUT2D eigenvalue weighted by Crippen LogP contribution is -2.44. The van der Waals surface area contributed by atoms with Crippen molar-refractivity contribution in [2.75, 3.05) is 26.8 Å². The molecule has 1 unspecified atom stereocenters. The van der Waals surface area contributed by atoms with Crippen LogP contribution in [0.4, 0.5) is 0 Å². The number of carbonyl (C=O) groups excluding carboxylic acids is 1. The summed E-state index contributed by atoms with van der Waals surface area (Å²) < 4.78 is 10.8. The Hall–Kier alpha value is -1.26. The average molecular weight is 326 g/mol. The van der Waals surface area contributed by atoms with E-state index in [1.54, 1.807) is 38.3 Å². The van der Waals surface area contributed by atoms with Crippen molar-refractivity contribution < 1.29 is 14.3 Å². The molecule has 0 aromatic heterocycles. The van der Waals surface area contributed by atoms with Gasteiger partial charge in [-0.05, 0) is 56.4 Å². The zero-order valence-corrected chi connectivity index (χ0v) is 14.0. The maximum Gasteiger partial charge on any atom is 0.263 e. The van der Waals surface area contributed by atoms with Crippen molar-refractivity contribution >= 4 is 17.5 Å². The summed E-state index contributed by atoms with van der Waals surface area (Å²) in [6, 6.07) is 7.08. The Morgan fingerprint density at radius 2 is 1.95 bits per heavy atom. The number of piperidine rings is 1. The molecule has 1 amide bonds. The van der Waals surface area contributed by atoms with Gasteiger partial charge < -0.3 is 14.4 Å². The Labute approximate surface area is 137 Å². The third-order valence-corrected chi connectivity index (χ3v) is 4.38. The van der Waals surface area contributed by atoms with Crippen LogP contribution in [0.1, 0.15) is 26.2 Å². The van der Waals surface area contributed by atoms with Crippen LogP contribution in [0.3, 0.4) is 0 Å². The summed E-state index contributed by atoms with van der Waals surface area (Å²) in [4.78, 5) is 14.3. The van der Waals surface area contributed by atoms with Crippen molar-refractivity contribution in [3.63, 3.8) is 0 Å². The van der Waals surface area contributed by atoms with E-state index < -0.39 is 6.10 Å². The average Bonchev–Trinajstić information content (AvgIpc) is 2.55. The molecule has 1 atom stereocenters. The molecule has 0 spiro atoms. The summed E-state index contributed by atoms with van der Waals surface area (Å²) in [6.07, 6.45) is 2.69. The molecule has 1 fully saturated rings. The number of hydrogen-bond donors (Lipinski definition) is 0. The van der Waals surface area contributed by atoms with Gasteiger partial charge in [-0.3, -0.25) is 4.79 Å². The van der Waals surface area contributed by atoms with Crippen molar-refractivity contribution in [1.82, 2.24) is 4.90 Å². The fourth-order valence-corrected chi connectivity index (χ4v) is 2.88. The summed E-state index contributed by atoms with van der Waals surface area (Å²) in [5, 5.41) is 0.657. The van der Waals surface area contributed by atoms with Crippen LogP contribution in [-0.4, -0.2) is 43.7 Å². The number of nitrogens with zero attached hydrogens (tertiary/aromatic N) is 1. The molecule has 0 saturated carbocycles. The summed E-state index contributed by atoms with van der Waals surface area (Å²) >= 11 is 5.84. The highest BCUT2D eigenvalue weighted by atomic mass is 35.5. The molecule has 2 rings (SSSR count). The lowest BCUT2D eigenvalue weighted by atomic mass is 9.94. The fourth-order valence-electron chi connectivity index (χ4n) is 2.75. The molecule has 1 aliphatic rings. The van der Waals surface area contributed by atoms with Crippen LogP contribution in [-0.2, 0) is 9.53 Å². The van der Waals surface area contributed by atoms with Gasteiger partial charge >= 0.3 is 0 Å². The van der Waals surface area contributed by atoms with Gasteiger partial charge in [-0.1, -0.05) is 11.6 Å². The Balaban J connectivity index is 1.80. The van der Waals surface area contributed by atoms with Crippen LogP contribution >= 0.6 is 11.6 Å². The van der Waals surface area contributed by atoms with E-state index in [1.807, 2.05) is 4.90 Å². The predicted molar refractivity (Wildman–Crippen MR) is 87.3 cm³/mol. The number of rotatable bonds is 6. The smallest absolute Gasteiger partial charge is 0.263 e. The van der Waals surface area contributed by atoms with Gasteiger partial charge in [-0.15, -0.1) is 0 Å². The van der Waals surface area contributed by atoms with Crippen molar-refractivity contribution in [2.45, 2.75) is 32.3 Å². The van der Waals surface area contributed by atoms with Gasteiger partial charge in [0.25, 0.3) is 5.91 Å². The molecule has 1 aromatic rings. The molecule has 0 N–H and O–H groups in total. The standard InChI is InChI=1S/C17H24ClNO3/c1-13(22-16-5-3-15(18)4-6-16)17(20)19-10-7-14(8-11-19)9-12-21-2/h3-6,13-14H,7-12H2,1-2H3. The molecule has 1 saturated heterocycles. The highest BCUT2D eigenvalue weighted by Gasteiger charge is 2.26. The van der Waals surface area contributed by atoms with E-state index in [1.165, 1.54) is 0 Å². The van der Waals surface area contributed by atoms with E-state index in [9.17, 15) is 4.79 Å². The Morgan fingerprint density at radius 3 is 2.55 bits per heavy atom. The lowest BCUT2D eigenvalue weighted by Gasteiger charge is -2.33. The van der Waals surface area contributed by atoms with Crippen LogP contribution in [0, 0.1) is 5.92 Å². The van der Waals surface area contributed by atoms with E-state index in [4.69, 9.17) is 21.1 Å². The minimum Gasteiger partial charge on any atom is -0.481 e. The summed E-state index contributed by atoms with van der Waals surface area (Å²) in [6.45, 7) is 4.21. The first-order chi connectivity index (χ1) is 10.6. The van der Waals surface area contributed by atoms with E-state index in [2.05, 4.69) is 0 Å². The Bertz CT molecular complexity index is 469. The first-order valence-electron chi connectivity index (χ1n) is 7.80. The van der Waals surface area contributed by atoms with Gasteiger partial charge in [0.15, 0.2) is 6.10 Å². The van der Waals surface area contributed by atoms with E-state index >= 15 is 0 Å². The van der Waals surface area contributed by atoms with Crippen molar-refractivity contribution in [2.24, 2.45) is 5.92 Å².